The van der Waals surface area contributed by atoms with Crippen molar-refractivity contribution < 1.29 is 35.5 Å². The molecule has 6 rings (SSSR count). The highest BCUT2D eigenvalue weighted by Crippen LogP contribution is 2.49. The molecule has 50 heavy (non-hydrogen) atoms. The monoisotopic (exact) mass is 714 g/mol. The van der Waals surface area contributed by atoms with Gasteiger partial charge in [0, 0.05) is 24.0 Å². The lowest BCUT2D eigenvalue weighted by molar-refractivity contribution is 0.105. The number of rotatable bonds is 7. The highest BCUT2D eigenvalue weighted by atomic mass is 32.2. The second kappa shape index (κ2) is 12.4. The molecule has 12 nitrogen and oxygen atoms in total. The summed E-state index contributed by atoms with van der Waals surface area (Å²) in [5, 5.41) is 7.19. The molecule has 0 heterocycles. The van der Waals surface area contributed by atoms with Crippen LogP contribution in [0.5, 0.6) is 0 Å². The Labute approximate surface area is 289 Å². The topological polar surface area (TPSA) is 220 Å². The van der Waals surface area contributed by atoms with Crippen LogP contribution in [0, 0.1) is 0 Å². The number of hydrazone groups is 2. The molecule has 2 atom stereocenters. The number of hydrogen-bond acceptors (Lipinski definition) is 10. The Morgan fingerprint density at radius 2 is 0.960 bits per heavy atom. The summed E-state index contributed by atoms with van der Waals surface area (Å²) in [6.07, 6.45) is -0.283. The number of carbonyl (C=O) groups is 2. The first-order chi connectivity index (χ1) is 23.7. The van der Waals surface area contributed by atoms with E-state index in [9.17, 15) is 35.5 Å². The summed E-state index contributed by atoms with van der Waals surface area (Å²) in [4.78, 5) is 26.2. The van der Waals surface area contributed by atoms with Gasteiger partial charge < -0.3 is 11.7 Å². The van der Waals surface area contributed by atoms with E-state index in [1.165, 1.54) is 24.3 Å². The summed E-state index contributed by atoms with van der Waals surface area (Å²) < 4.78 is 71.4. The van der Waals surface area contributed by atoms with Gasteiger partial charge in [0.1, 0.15) is 11.4 Å². The number of nitrogens with two attached hydrogens (primary N) is 2. The molecule has 0 bridgehead atoms. The smallest absolute Gasteiger partial charge is 0.279 e. The maximum atomic E-state index is 13.4. The van der Waals surface area contributed by atoms with Gasteiger partial charge in [0.2, 0.25) is 11.6 Å². The van der Waals surface area contributed by atoms with Gasteiger partial charge in [0.15, 0.2) is 9.49 Å². The van der Waals surface area contributed by atoms with E-state index in [-0.39, 0.29) is 44.8 Å². The van der Waals surface area contributed by atoms with Crippen molar-refractivity contribution in [3.05, 3.63) is 129 Å². The first-order valence-corrected chi connectivity index (χ1v) is 18.6. The third kappa shape index (κ3) is 5.01. The molecular weight excluding hydrogens is 681 g/mol. The number of nitrogens with zero attached hydrogens (tertiary/aromatic N) is 2. The predicted octanol–water partition coefficient (Wildman–Crippen LogP) is 4.54. The van der Waals surface area contributed by atoms with E-state index in [2.05, 4.69) is 10.2 Å². The molecule has 0 fully saturated rings. The number of Topliss-reactive ketones (excluding diaryl/α,β-unsaturated/α-hetero) is 2. The van der Waals surface area contributed by atoms with Gasteiger partial charge in [-0.1, -0.05) is 98.8 Å². The van der Waals surface area contributed by atoms with Crippen LogP contribution in [0.4, 0.5) is 0 Å². The lowest BCUT2D eigenvalue weighted by atomic mass is 9.74. The van der Waals surface area contributed by atoms with E-state index in [4.69, 9.17) is 11.7 Å². The summed E-state index contributed by atoms with van der Waals surface area (Å²) in [6.45, 7) is 3.65. The Morgan fingerprint density at radius 1 is 0.600 bits per heavy atom. The highest BCUT2D eigenvalue weighted by Gasteiger charge is 2.55. The van der Waals surface area contributed by atoms with Gasteiger partial charge in [-0.15, -0.1) is 0 Å². The third-order valence-corrected chi connectivity index (χ3v) is 12.9. The van der Waals surface area contributed by atoms with Crippen molar-refractivity contribution >= 4 is 43.2 Å². The molecule has 0 aromatic heterocycles. The first-order valence-electron chi connectivity index (χ1n) is 15.7. The van der Waals surface area contributed by atoms with Gasteiger partial charge in [0.25, 0.3) is 20.2 Å². The second-order valence-electron chi connectivity index (χ2n) is 12.3. The van der Waals surface area contributed by atoms with E-state index >= 15 is 0 Å². The van der Waals surface area contributed by atoms with Gasteiger partial charge in [-0.05, 0) is 57.3 Å². The zero-order chi connectivity index (χ0) is 36.2. The first kappa shape index (κ1) is 34.8. The average Bonchev–Trinajstić information content (AvgIpc) is 3.11. The van der Waals surface area contributed by atoms with Crippen molar-refractivity contribution in [3.8, 4) is 11.1 Å². The number of aryl methyl sites for hydroxylation is 2. The van der Waals surface area contributed by atoms with E-state index in [1.807, 2.05) is 13.8 Å². The zero-order valence-electron chi connectivity index (χ0n) is 27.1. The molecule has 2 aliphatic carbocycles. The normalized spacial score (nSPS) is 22.4. The standard InChI is InChI=1S/C36H34N4O8S2/c1-3-21-17-23(13-15-27(21)35(49(43,44)45)19-31(39-37)33(41)25-9-5-7-11-29(25)35)24-14-16-28(22(4-2)18-24)36(50(46,47)48)20-32(40-38)34(42)26-10-6-8-12-30(26)36/h5-18H,3-4,19-20,37-38H2,1-2H3,(H,43,44,45)(H,46,47,48). The summed E-state index contributed by atoms with van der Waals surface area (Å²) >= 11 is 0. The maximum absolute atomic E-state index is 13.4. The largest absolute Gasteiger partial charge is 0.323 e. The van der Waals surface area contributed by atoms with Crippen LogP contribution >= 0.6 is 0 Å². The molecule has 0 aliphatic heterocycles. The van der Waals surface area contributed by atoms with Gasteiger partial charge in [-0.3, -0.25) is 18.7 Å². The predicted molar refractivity (Wildman–Crippen MR) is 189 cm³/mol. The molecule has 2 aliphatic rings. The fourth-order valence-electron chi connectivity index (χ4n) is 7.55. The number of hydrogen-bond donors (Lipinski definition) is 4. The Balaban J connectivity index is 1.55. The molecule has 0 spiro atoms. The van der Waals surface area contributed by atoms with Crippen LogP contribution in [0.3, 0.4) is 0 Å². The van der Waals surface area contributed by atoms with Gasteiger partial charge in [0.05, 0.1) is 0 Å². The Morgan fingerprint density at radius 3 is 1.28 bits per heavy atom. The molecule has 4 aromatic carbocycles. The average molecular weight is 715 g/mol. The lowest BCUT2D eigenvalue weighted by Gasteiger charge is -2.38. The molecule has 4 aromatic rings. The molecule has 14 heteroatoms. The van der Waals surface area contributed by atoms with Crippen LogP contribution in [0.1, 0.15) is 80.8 Å². The second-order valence-corrected chi connectivity index (χ2v) is 15.6. The molecule has 0 saturated heterocycles. The SMILES string of the molecule is CCc1cc(-c2ccc(C3(S(=O)(=O)O)CC(=NN)C(=O)c4ccccc43)c(CC)c2)ccc1C1(S(=O)(=O)O)CC(=NN)C(=O)c2ccccc21. The fraction of sp³-hybridized carbons (Fsp3) is 0.222. The summed E-state index contributed by atoms with van der Waals surface area (Å²) in [5.74, 6) is 10.0. The Kier molecular flexibility index (Phi) is 8.63. The minimum atomic E-state index is -4.93. The minimum Gasteiger partial charge on any atom is -0.323 e. The molecule has 6 N–H and O–H groups in total. The van der Waals surface area contributed by atoms with E-state index in [1.54, 1.807) is 60.7 Å². The van der Waals surface area contributed by atoms with Gasteiger partial charge in [-0.25, -0.2) is 0 Å². The van der Waals surface area contributed by atoms with Crippen LogP contribution < -0.4 is 11.7 Å². The van der Waals surface area contributed by atoms with Crippen molar-refractivity contribution in [2.75, 3.05) is 0 Å². The molecular formula is C36H34N4O8S2. The van der Waals surface area contributed by atoms with E-state index < -0.39 is 54.1 Å². The zero-order valence-corrected chi connectivity index (χ0v) is 28.8. The number of carbonyl (C=O) groups excluding carboxylic acids is 2. The molecule has 2 unspecified atom stereocenters. The number of fused-ring (bicyclic) bond motifs is 2. The summed E-state index contributed by atoms with van der Waals surface area (Å²) in [6, 6.07) is 22.4. The van der Waals surface area contributed by atoms with E-state index in [0.717, 1.165) is 0 Å². The third-order valence-electron chi connectivity index (χ3n) is 9.94. The summed E-state index contributed by atoms with van der Waals surface area (Å²) in [7, 11) is -9.85. The van der Waals surface area contributed by atoms with Crippen LogP contribution in [-0.2, 0) is 42.6 Å². The molecule has 0 radical (unpaired) electrons. The summed E-state index contributed by atoms with van der Waals surface area (Å²) in [5.41, 5.74) is 2.88. The van der Waals surface area contributed by atoms with Crippen molar-refractivity contribution in [2.24, 2.45) is 21.9 Å². The Bertz CT molecular complexity index is 2220. The molecule has 258 valence electrons. The van der Waals surface area contributed by atoms with Crippen LogP contribution in [0.15, 0.2) is 95.1 Å². The van der Waals surface area contributed by atoms with Gasteiger partial charge in [-0.2, -0.15) is 27.0 Å². The van der Waals surface area contributed by atoms with Crippen molar-refractivity contribution in [1.82, 2.24) is 0 Å². The van der Waals surface area contributed by atoms with E-state index in [0.29, 0.717) is 35.1 Å². The van der Waals surface area contributed by atoms with Gasteiger partial charge >= 0.3 is 0 Å². The minimum absolute atomic E-state index is 0.0662. The Hall–Kier alpha value is -5.02. The van der Waals surface area contributed by atoms with Crippen LogP contribution in [-0.4, -0.2) is 48.9 Å². The fourth-order valence-corrected chi connectivity index (χ4v) is 10.1. The number of benzene rings is 4. The molecule has 0 saturated carbocycles. The van der Waals surface area contributed by atoms with Crippen molar-refractivity contribution in [1.29, 1.82) is 0 Å². The maximum Gasteiger partial charge on any atom is 0.279 e. The van der Waals surface area contributed by atoms with Crippen LogP contribution in [0.25, 0.3) is 11.1 Å². The highest BCUT2D eigenvalue weighted by molar-refractivity contribution is 7.87. The van der Waals surface area contributed by atoms with Crippen molar-refractivity contribution in [3.63, 3.8) is 0 Å². The number of ketones is 2. The van der Waals surface area contributed by atoms with Crippen LogP contribution in [0.2, 0.25) is 0 Å². The lowest BCUT2D eigenvalue weighted by Crippen LogP contribution is -2.46. The van der Waals surface area contributed by atoms with Crippen molar-refractivity contribution in [2.45, 2.75) is 49.0 Å². The molecule has 0 amide bonds. The quantitative estimate of drug-likeness (QED) is 0.119.